The molecule has 0 spiro atoms. The van der Waals surface area contributed by atoms with Crippen LogP contribution in [0.5, 0.6) is 0 Å². The third kappa shape index (κ3) is 4.42. The van der Waals surface area contributed by atoms with Gasteiger partial charge in [-0.3, -0.25) is 9.59 Å². The lowest BCUT2D eigenvalue weighted by Crippen LogP contribution is -2.44. The third-order valence-corrected chi connectivity index (χ3v) is 2.78. The zero-order chi connectivity index (χ0) is 17.1. The molecule has 1 amide bonds. The van der Waals surface area contributed by atoms with Gasteiger partial charge < -0.3 is 15.6 Å². The average Bonchev–Trinajstić information content (AvgIpc) is 2.35. The molecule has 0 aromatic heterocycles. The Balaban J connectivity index is 2.86. The van der Waals surface area contributed by atoms with E-state index in [0.717, 1.165) is 24.3 Å². The molecule has 0 saturated carbocycles. The summed E-state index contributed by atoms with van der Waals surface area (Å²) in [4.78, 5) is 22.7. The molecule has 0 saturated heterocycles. The standard InChI is InChI=1S/C13H13F4NO4/c1-12(21,13(15,16)17)6-9(19)22-10(11(18)20)7-2-4-8(14)5-3-7/h2-5,10,21H,6H2,1H3,(H2,18,20)/t10-,12+/m0/s1. The molecule has 3 N–H and O–H groups in total. The molecule has 0 aliphatic carbocycles. The van der Waals surface area contributed by atoms with E-state index in [-0.39, 0.29) is 5.56 Å². The molecule has 9 heteroatoms. The number of esters is 1. The minimum atomic E-state index is -5.05. The summed E-state index contributed by atoms with van der Waals surface area (Å²) in [6.07, 6.45) is -8.15. The van der Waals surface area contributed by atoms with Gasteiger partial charge in [-0.1, -0.05) is 12.1 Å². The van der Waals surface area contributed by atoms with Crippen LogP contribution in [0.3, 0.4) is 0 Å². The first-order valence-corrected chi connectivity index (χ1v) is 5.97. The highest BCUT2D eigenvalue weighted by Crippen LogP contribution is 2.33. The summed E-state index contributed by atoms with van der Waals surface area (Å²) in [5, 5.41) is 9.19. The van der Waals surface area contributed by atoms with E-state index >= 15 is 0 Å². The molecule has 2 atom stereocenters. The number of aliphatic hydroxyl groups is 1. The van der Waals surface area contributed by atoms with E-state index in [0.29, 0.717) is 6.92 Å². The summed E-state index contributed by atoms with van der Waals surface area (Å²) in [6.45, 7) is 0.394. The van der Waals surface area contributed by atoms with Gasteiger partial charge in [-0.05, 0) is 19.1 Å². The van der Waals surface area contributed by atoms with Crippen LogP contribution in [0, 0.1) is 5.82 Å². The molecule has 0 aliphatic rings. The average molecular weight is 323 g/mol. The van der Waals surface area contributed by atoms with Gasteiger partial charge in [-0.15, -0.1) is 0 Å². The predicted molar refractivity (Wildman–Crippen MR) is 65.7 cm³/mol. The van der Waals surface area contributed by atoms with Crippen LogP contribution in [0.15, 0.2) is 24.3 Å². The van der Waals surface area contributed by atoms with Crippen molar-refractivity contribution in [3.63, 3.8) is 0 Å². The second-order valence-electron chi connectivity index (χ2n) is 4.77. The van der Waals surface area contributed by atoms with E-state index in [1.807, 2.05) is 0 Å². The highest BCUT2D eigenvalue weighted by Gasteiger charge is 2.51. The maximum Gasteiger partial charge on any atom is 0.417 e. The number of carbonyl (C=O) groups is 2. The van der Waals surface area contributed by atoms with E-state index in [1.54, 1.807) is 0 Å². The minimum Gasteiger partial charge on any atom is -0.447 e. The second kappa shape index (κ2) is 6.30. The summed E-state index contributed by atoms with van der Waals surface area (Å²) in [5.41, 5.74) is 1.69. The van der Waals surface area contributed by atoms with Crippen molar-refractivity contribution in [1.82, 2.24) is 0 Å². The maximum absolute atomic E-state index is 12.8. The van der Waals surface area contributed by atoms with Crippen LogP contribution in [-0.4, -0.2) is 28.8 Å². The number of carbonyl (C=O) groups excluding carboxylic acids is 2. The molecule has 0 heterocycles. The molecule has 1 rings (SSSR count). The molecule has 0 fully saturated rings. The van der Waals surface area contributed by atoms with E-state index < -0.39 is 42.0 Å². The minimum absolute atomic E-state index is 0.00565. The second-order valence-corrected chi connectivity index (χ2v) is 4.77. The molecular formula is C13H13F4NO4. The van der Waals surface area contributed by atoms with Gasteiger partial charge in [0, 0.05) is 5.56 Å². The zero-order valence-corrected chi connectivity index (χ0v) is 11.4. The number of benzene rings is 1. The topological polar surface area (TPSA) is 89.6 Å². The van der Waals surface area contributed by atoms with Gasteiger partial charge in [0.15, 0.2) is 5.60 Å². The number of nitrogens with two attached hydrogens (primary N) is 1. The van der Waals surface area contributed by atoms with Crippen LogP contribution in [0.2, 0.25) is 0 Å². The molecular weight excluding hydrogens is 310 g/mol. The van der Waals surface area contributed by atoms with Crippen molar-refractivity contribution in [3.8, 4) is 0 Å². The molecule has 22 heavy (non-hydrogen) atoms. The van der Waals surface area contributed by atoms with E-state index in [1.165, 1.54) is 0 Å². The van der Waals surface area contributed by atoms with Gasteiger partial charge in [0.05, 0.1) is 6.42 Å². The van der Waals surface area contributed by atoms with Crippen molar-refractivity contribution in [2.24, 2.45) is 5.73 Å². The number of alkyl halides is 3. The van der Waals surface area contributed by atoms with Crippen molar-refractivity contribution in [1.29, 1.82) is 0 Å². The number of hydrogen-bond acceptors (Lipinski definition) is 4. The molecule has 122 valence electrons. The number of primary amides is 1. The van der Waals surface area contributed by atoms with E-state index in [9.17, 15) is 32.3 Å². The molecule has 1 aromatic rings. The van der Waals surface area contributed by atoms with Crippen molar-refractivity contribution in [2.45, 2.75) is 31.2 Å². The summed E-state index contributed by atoms with van der Waals surface area (Å²) >= 11 is 0. The number of halogens is 4. The fraction of sp³-hybridized carbons (Fsp3) is 0.385. The van der Waals surface area contributed by atoms with Gasteiger partial charge in [0.1, 0.15) is 5.82 Å². The van der Waals surface area contributed by atoms with Crippen molar-refractivity contribution in [3.05, 3.63) is 35.6 Å². The first-order chi connectivity index (χ1) is 9.94. The van der Waals surface area contributed by atoms with E-state index in [4.69, 9.17) is 5.73 Å². The maximum atomic E-state index is 12.8. The lowest BCUT2D eigenvalue weighted by molar-refractivity contribution is -0.256. The summed E-state index contributed by atoms with van der Waals surface area (Å²) in [7, 11) is 0. The number of rotatable bonds is 5. The van der Waals surface area contributed by atoms with Crippen molar-refractivity contribution in [2.75, 3.05) is 0 Å². The zero-order valence-electron chi connectivity index (χ0n) is 11.4. The number of ether oxygens (including phenoxy) is 1. The lowest BCUT2D eigenvalue weighted by Gasteiger charge is -2.26. The van der Waals surface area contributed by atoms with Gasteiger partial charge in [0.25, 0.3) is 5.91 Å². The Kier molecular flexibility index (Phi) is 5.13. The smallest absolute Gasteiger partial charge is 0.417 e. The first kappa shape index (κ1) is 17.9. The van der Waals surface area contributed by atoms with Crippen LogP contribution in [0.25, 0.3) is 0 Å². The first-order valence-electron chi connectivity index (χ1n) is 5.97. The summed E-state index contributed by atoms with van der Waals surface area (Å²) in [5.74, 6) is -3.25. The van der Waals surface area contributed by atoms with Crippen LogP contribution < -0.4 is 5.73 Å². The Morgan fingerprint density at radius 2 is 1.77 bits per heavy atom. The Bertz CT molecular complexity index is 554. The fourth-order valence-electron chi connectivity index (χ4n) is 1.48. The number of amides is 1. The predicted octanol–water partition coefficient (Wildman–Crippen LogP) is 1.60. The monoisotopic (exact) mass is 323 g/mol. The SMILES string of the molecule is C[C@@](O)(CC(=O)O[C@H](C(N)=O)c1ccc(F)cc1)C(F)(F)F. The van der Waals surface area contributed by atoms with Crippen molar-refractivity contribution >= 4 is 11.9 Å². The number of hydrogen-bond donors (Lipinski definition) is 2. The highest BCUT2D eigenvalue weighted by atomic mass is 19.4. The van der Waals surface area contributed by atoms with E-state index in [2.05, 4.69) is 4.74 Å². The Morgan fingerprint density at radius 1 is 1.27 bits per heavy atom. The molecule has 0 unspecified atom stereocenters. The van der Waals surface area contributed by atoms with Crippen LogP contribution in [0.1, 0.15) is 25.0 Å². The lowest BCUT2D eigenvalue weighted by atomic mass is 10.0. The third-order valence-electron chi connectivity index (χ3n) is 2.78. The van der Waals surface area contributed by atoms with Crippen molar-refractivity contribution < 1.29 is 37.0 Å². The Morgan fingerprint density at radius 3 is 2.18 bits per heavy atom. The Labute approximate surface area is 122 Å². The largest absolute Gasteiger partial charge is 0.447 e. The molecule has 0 radical (unpaired) electrons. The summed E-state index contributed by atoms with van der Waals surface area (Å²) in [6, 6.07) is 4.12. The van der Waals surface area contributed by atoms with Gasteiger partial charge in [0.2, 0.25) is 6.10 Å². The van der Waals surface area contributed by atoms with Crippen LogP contribution in [0.4, 0.5) is 17.6 Å². The van der Waals surface area contributed by atoms with Crippen LogP contribution in [-0.2, 0) is 14.3 Å². The van der Waals surface area contributed by atoms with Crippen LogP contribution >= 0.6 is 0 Å². The summed E-state index contributed by atoms with van der Waals surface area (Å²) < 4.78 is 54.8. The van der Waals surface area contributed by atoms with Gasteiger partial charge in [-0.2, -0.15) is 13.2 Å². The highest BCUT2D eigenvalue weighted by molar-refractivity contribution is 5.83. The molecule has 0 aliphatic heterocycles. The van der Waals surface area contributed by atoms with Gasteiger partial charge in [-0.25, -0.2) is 4.39 Å². The molecule has 5 nitrogen and oxygen atoms in total. The Hall–Kier alpha value is -2.16. The molecule has 1 aromatic carbocycles. The fourth-order valence-corrected chi connectivity index (χ4v) is 1.48. The quantitative estimate of drug-likeness (QED) is 0.636. The molecule has 0 bridgehead atoms. The van der Waals surface area contributed by atoms with Gasteiger partial charge >= 0.3 is 12.1 Å². The normalized spacial score (nSPS) is 15.7.